The molecule has 0 aromatic heterocycles. The summed E-state index contributed by atoms with van der Waals surface area (Å²) in [4.78, 5) is 11.9. The molecule has 0 unspecified atom stereocenters. The van der Waals surface area contributed by atoms with Crippen molar-refractivity contribution < 1.29 is 17.9 Å². The van der Waals surface area contributed by atoms with Crippen molar-refractivity contribution in [3.05, 3.63) is 46.9 Å². The number of sulfonamides is 1. The molecule has 0 bridgehead atoms. The van der Waals surface area contributed by atoms with Gasteiger partial charge in [0.05, 0.1) is 7.11 Å². The number of rotatable bonds is 7. The Hall–Kier alpha value is -2.06. The van der Waals surface area contributed by atoms with Crippen LogP contribution in [0.2, 0.25) is 0 Å². The molecule has 0 saturated heterocycles. The summed E-state index contributed by atoms with van der Waals surface area (Å²) in [5.41, 5.74) is 0.817. The van der Waals surface area contributed by atoms with Gasteiger partial charge in [0.2, 0.25) is 5.91 Å². The van der Waals surface area contributed by atoms with Gasteiger partial charge in [-0.2, -0.15) is 0 Å². The molecule has 0 spiro atoms. The zero-order valence-electron chi connectivity index (χ0n) is 14.7. The van der Waals surface area contributed by atoms with Crippen LogP contribution >= 0.6 is 15.9 Å². The van der Waals surface area contributed by atoms with E-state index in [1.807, 2.05) is 13.8 Å². The summed E-state index contributed by atoms with van der Waals surface area (Å²) in [6, 6.07) is 11.3. The van der Waals surface area contributed by atoms with E-state index < -0.39 is 10.0 Å². The number of methoxy groups -OCH3 is 1. The second-order valence-electron chi connectivity index (χ2n) is 6.12. The van der Waals surface area contributed by atoms with Crippen LogP contribution in [-0.4, -0.2) is 21.4 Å². The highest BCUT2D eigenvalue weighted by Gasteiger charge is 2.21. The molecule has 8 heteroatoms. The van der Waals surface area contributed by atoms with E-state index in [2.05, 4.69) is 26.0 Å². The molecule has 2 rings (SSSR count). The van der Waals surface area contributed by atoms with Crippen molar-refractivity contribution in [2.75, 3.05) is 17.1 Å². The van der Waals surface area contributed by atoms with Gasteiger partial charge in [-0.05, 0) is 48.4 Å². The van der Waals surface area contributed by atoms with Gasteiger partial charge in [-0.3, -0.25) is 9.52 Å². The van der Waals surface area contributed by atoms with Crippen LogP contribution in [0.15, 0.2) is 51.8 Å². The number of halogens is 1. The van der Waals surface area contributed by atoms with E-state index in [1.54, 1.807) is 30.3 Å². The van der Waals surface area contributed by atoms with Crippen LogP contribution in [0.5, 0.6) is 5.75 Å². The summed E-state index contributed by atoms with van der Waals surface area (Å²) in [5, 5.41) is 2.72. The van der Waals surface area contributed by atoms with Gasteiger partial charge >= 0.3 is 0 Å². The number of ether oxygens (including phenoxy) is 1. The Morgan fingerprint density at radius 1 is 1.12 bits per heavy atom. The van der Waals surface area contributed by atoms with E-state index in [0.29, 0.717) is 17.8 Å². The van der Waals surface area contributed by atoms with Gasteiger partial charge in [-0.15, -0.1) is 0 Å². The summed E-state index contributed by atoms with van der Waals surface area (Å²) in [6.07, 6.45) is 0.352. The van der Waals surface area contributed by atoms with Crippen molar-refractivity contribution >= 4 is 43.2 Å². The molecular weight excluding hydrogens is 420 g/mol. The minimum Gasteiger partial charge on any atom is -0.495 e. The van der Waals surface area contributed by atoms with Crippen molar-refractivity contribution in [1.82, 2.24) is 0 Å². The Kier molecular flexibility index (Phi) is 6.66. The fraction of sp³-hybridized carbons (Fsp3) is 0.278. The van der Waals surface area contributed by atoms with E-state index in [0.717, 1.165) is 4.47 Å². The first-order valence-corrected chi connectivity index (χ1v) is 10.2. The zero-order chi connectivity index (χ0) is 19.3. The van der Waals surface area contributed by atoms with Crippen LogP contribution in [0.4, 0.5) is 11.4 Å². The van der Waals surface area contributed by atoms with Crippen LogP contribution < -0.4 is 14.8 Å². The summed E-state index contributed by atoms with van der Waals surface area (Å²) in [5.74, 6) is 0.223. The predicted molar refractivity (Wildman–Crippen MR) is 106 cm³/mol. The van der Waals surface area contributed by atoms with Crippen LogP contribution in [0.1, 0.15) is 20.3 Å². The van der Waals surface area contributed by atoms with E-state index >= 15 is 0 Å². The molecule has 0 aliphatic rings. The number of carbonyl (C=O) groups is 1. The van der Waals surface area contributed by atoms with E-state index in [4.69, 9.17) is 4.74 Å². The number of nitrogens with one attached hydrogen (secondary N) is 2. The highest BCUT2D eigenvalue weighted by Crippen LogP contribution is 2.29. The molecule has 0 saturated carbocycles. The molecule has 2 N–H and O–H groups in total. The Balaban J connectivity index is 2.31. The van der Waals surface area contributed by atoms with Crippen LogP contribution in [0, 0.1) is 5.92 Å². The highest BCUT2D eigenvalue weighted by atomic mass is 79.9. The maximum Gasteiger partial charge on any atom is 0.265 e. The number of anilines is 2. The number of carbonyl (C=O) groups excluding carboxylic acids is 1. The number of hydrogen-bond acceptors (Lipinski definition) is 4. The van der Waals surface area contributed by atoms with Gasteiger partial charge in [0.15, 0.2) is 0 Å². The molecule has 2 aromatic carbocycles. The van der Waals surface area contributed by atoms with Gasteiger partial charge in [0.25, 0.3) is 10.0 Å². The third kappa shape index (κ3) is 5.47. The average molecular weight is 441 g/mol. The molecule has 1 amide bonds. The molecule has 0 heterocycles. The Bertz CT molecular complexity index is 881. The Labute approximate surface area is 162 Å². The average Bonchev–Trinajstić information content (AvgIpc) is 2.56. The molecule has 0 atom stereocenters. The number of hydrogen-bond donors (Lipinski definition) is 2. The largest absolute Gasteiger partial charge is 0.495 e. The Morgan fingerprint density at radius 3 is 2.31 bits per heavy atom. The van der Waals surface area contributed by atoms with Crippen molar-refractivity contribution in [3.63, 3.8) is 0 Å². The highest BCUT2D eigenvalue weighted by molar-refractivity contribution is 9.10. The molecule has 0 aliphatic heterocycles. The van der Waals surface area contributed by atoms with Crippen LogP contribution in [0.25, 0.3) is 0 Å². The fourth-order valence-corrected chi connectivity index (χ4v) is 3.79. The van der Waals surface area contributed by atoms with E-state index in [1.165, 1.54) is 19.2 Å². The third-order valence-corrected chi connectivity index (χ3v) is 5.36. The van der Waals surface area contributed by atoms with Crippen LogP contribution in [-0.2, 0) is 14.8 Å². The lowest BCUT2D eigenvalue weighted by molar-refractivity contribution is -0.116. The number of benzene rings is 2. The van der Waals surface area contributed by atoms with Gasteiger partial charge in [-0.25, -0.2) is 8.42 Å². The smallest absolute Gasteiger partial charge is 0.265 e. The second kappa shape index (κ2) is 8.55. The quantitative estimate of drug-likeness (QED) is 0.673. The normalized spacial score (nSPS) is 11.3. The summed E-state index contributed by atoms with van der Waals surface area (Å²) < 4.78 is 34.1. The minimum atomic E-state index is -3.89. The molecule has 26 heavy (non-hydrogen) atoms. The van der Waals surface area contributed by atoms with E-state index in [-0.39, 0.29) is 22.5 Å². The van der Waals surface area contributed by atoms with E-state index in [9.17, 15) is 13.2 Å². The molecule has 0 radical (unpaired) electrons. The maximum absolute atomic E-state index is 12.8. The molecular formula is C18H21BrN2O4S. The van der Waals surface area contributed by atoms with Crippen molar-refractivity contribution in [2.24, 2.45) is 5.92 Å². The topological polar surface area (TPSA) is 84.5 Å². The minimum absolute atomic E-state index is 0.0507. The third-order valence-electron chi connectivity index (χ3n) is 3.43. The molecule has 0 fully saturated rings. The van der Waals surface area contributed by atoms with Crippen molar-refractivity contribution in [2.45, 2.75) is 25.2 Å². The van der Waals surface area contributed by atoms with Gasteiger partial charge in [0.1, 0.15) is 10.6 Å². The number of amides is 1. The second-order valence-corrected chi connectivity index (χ2v) is 8.69. The molecule has 0 aliphatic carbocycles. The summed E-state index contributed by atoms with van der Waals surface area (Å²) in [6.45, 7) is 3.87. The van der Waals surface area contributed by atoms with Gasteiger partial charge in [-0.1, -0.05) is 29.8 Å². The predicted octanol–water partition coefficient (Wildman–Crippen LogP) is 4.24. The monoisotopic (exact) mass is 440 g/mol. The molecule has 140 valence electrons. The first-order chi connectivity index (χ1) is 12.2. The summed E-state index contributed by atoms with van der Waals surface area (Å²) >= 11 is 3.30. The SMILES string of the molecule is COc1ccc(NC(=O)CC(C)C)cc1S(=O)(=O)Nc1ccc(Br)cc1. The fourth-order valence-electron chi connectivity index (χ4n) is 2.28. The maximum atomic E-state index is 12.8. The Morgan fingerprint density at radius 2 is 1.73 bits per heavy atom. The lowest BCUT2D eigenvalue weighted by Gasteiger charge is -2.14. The molecule has 2 aromatic rings. The van der Waals surface area contributed by atoms with Crippen LogP contribution in [0.3, 0.4) is 0 Å². The summed E-state index contributed by atoms with van der Waals surface area (Å²) in [7, 11) is -2.50. The first kappa shape index (κ1) is 20.3. The molecule has 6 nitrogen and oxygen atoms in total. The van der Waals surface area contributed by atoms with Crippen molar-refractivity contribution in [1.29, 1.82) is 0 Å². The lowest BCUT2D eigenvalue weighted by Crippen LogP contribution is -2.16. The van der Waals surface area contributed by atoms with Gasteiger partial charge in [0, 0.05) is 22.3 Å². The van der Waals surface area contributed by atoms with Crippen molar-refractivity contribution in [3.8, 4) is 5.75 Å². The van der Waals surface area contributed by atoms with Gasteiger partial charge < -0.3 is 10.1 Å². The standard InChI is InChI=1S/C18H21BrN2O4S/c1-12(2)10-18(22)20-15-8-9-16(25-3)17(11-15)26(23,24)21-14-6-4-13(19)5-7-14/h4-9,11-12,21H,10H2,1-3H3,(H,20,22). The first-order valence-electron chi connectivity index (χ1n) is 7.97. The lowest BCUT2D eigenvalue weighted by atomic mass is 10.1. The zero-order valence-corrected chi connectivity index (χ0v) is 17.1.